The van der Waals surface area contributed by atoms with Crippen molar-refractivity contribution in [3.8, 4) is 0 Å². The van der Waals surface area contributed by atoms with Gasteiger partial charge in [-0.1, -0.05) is 6.07 Å². The predicted molar refractivity (Wildman–Crippen MR) is 75.3 cm³/mol. The minimum atomic E-state index is -0.492. The molecule has 19 heavy (non-hydrogen) atoms. The first-order valence-electron chi connectivity index (χ1n) is 6.53. The number of hydrogen-bond acceptors (Lipinski definition) is 4. The molecule has 5 heteroatoms. The highest BCUT2D eigenvalue weighted by atomic mass is 32.1. The summed E-state index contributed by atoms with van der Waals surface area (Å²) in [6.07, 6.45) is 0.0212. The van der Waals surface area contributed by atoms with Gasteiger partial charge >= 0.3 is 6.09 Å². The zero-order valence-electron chi connectivity index (χ0n) is 11.6. The first-order valence-corrected chi connectivity index (χ1v) is 7.41. The highest BCUT2D eigenvalue weighted by Crippen LogP contribution is 2.25. The first-order chi connectivity index (χ1) is 8.85. The summed E-state index contributed by atoms with van der Waals surface area (Å²) in [6, 6.07) is 4.07. The number of β-amino-alcohol motifs (C(OH)–C–C–N with tert-alkyl or cyclic N) is 1. The van der Waals surface area contributed by atoms with Gasteiger partial charge in [-0.2, -0.15) is 0 Å². The Morgan fingerprint density at radius 1 is 1.53 bits per heavy atom. The quantitative estimate of drug-likeness (QED) is 0.907. The number of thiophene rings is 1. The van der Waals surface area contributed by atoms with Crippen LogP contribution in [0, 0.1) is 5.92 Å². The molecular formula is C14H21NO3S. The van der Waals surface area contributed by atoms with Crippen LogP contribution in [0.25, 0.3) is 0 Å². The van der Waals surface area contributed by atoms with Crippen LogP contribution in [0.4, 0.5) is 4.79 Å². The zero-order chi connectivity index (χ0) is 14.0. The van der Waals surface area contributed by atoms with Crippen molar-refractivity contribution >= 4 is 17.4 Å². The van der Waals surface area contributed by atoms with E-state index in [1.807, 2.05) is 32.2 Å². The highest BCUT2D eigenvalue weighted by molar-refractivity contribution is 7.09. The molecule has 0 aliphatic carbocycles. The fourth-order valence-electron chi connectivity index (χ4n) is 2.22. The lowest BCUT2D eigenvalue weighted by atomic mass is 10.0. The van der Waals surface area contributed by atoms with E-state index in [0.717, 1.165) is 6.42 Å². The van der Waals surface area contributed by atoms with Gasteiger partial charge in [-0.3, -0.25) is 0 Å². The van der Waals surface area contributed by atoms with Crippen molar-refractivity contribution < 1.29 is 14.6 Å². The van der Waals surface area contributed by atoms with Crippen molar-refractivity contribution in [3.05, 3.63) is 22.4 Å². The molecule has 4 nitrogen and oxygen atoms in total. The Bertz CT molecular complexity index is 424. The minimum absolute atomic E-state index is 0.103. The number of rotatable bonds is 2. The van der Waals surface area contributed by atoms with Crippen LogP contribution in [0.3, 0.4) is 0 Å². The summed E-state index contributed by atoms with van der Waals surface area (Å²) < 4.78 is 5.33. The van der Waals surface area contributed by atoms with E-state index >= 15 is 0 Å². The molecule has 1 aliphatic rings. The molecule has 0 aromatic carbocycles. The number of nitrogens with zero attached hydrogens (tertiary/aromatic N) is 1. The van der Waals surface area contributed by atoms with E-state index < -0.39 is 11.7 Å². The lowest BCUT2D eigenvalue weighted by Gasteiger charge is -2.24. The fourth-order valence-corrected chi connectivity index (χ4v) is 3.02. The number of amides is 1. The molecule has 0 spiro atoms. The lowest BCUT2D eigenvalue weighted by Crippen LogP contribution is -2.35. The summed E-state index contributed by atoms with van der Waals surface area (Å²) in [5, 5.41) is 12.1. The van der Waals surface area contributed by atoms with Crippen molar-refractivity contribution in [1.82, 2.24) is 4.90 Å². The number of aliphatic hydroxyl groups excluding tert-OH is 1. The third-order valence-electron chi connectivity index (χ3n) is 3.10. The molecule has 2 atom stereocenters. The third kappa shape index (κ3) is 3.94. The Kier molecular flexibility index (Phi) is 4.16. The lowest BCUT2D eigenvalue weighted by molar-refractivity contribution is 0.0270. The first kappa shape index (κ1) is 14.3. The van der Waals surface area contributed by atoms with Gasteiger partial charge in [0.25, 0.3) is 0 Å². The van der Waals surface area contributed by atoms with E-state index in [4.69, 9.17) is 4.74 Å². The molecule has 1 amide bonds. The van der Waals surface area contributed by atoms with Gasteiger partial charge in [0.15, 0.2) is 0 Å². The van der Waals surface area contributed by atoms with Crippen LogP contribution < -0.4 is 0 Å². The smallest absolute Gasteiger partial charge is 0.410 e. The Balaban J connectivity index is 1.91. The second-order valence-corrected chi connectivity index (χ2v) is 7.03. The van der Waals surface area contributed by atoms with Crippen molar-refractivity contribution in [3.63, 3.8) is 0 Å². The fraction of sp³-hybridized carbons (Fsp3) is 0.643. The Hall–Kier alpha value is -1.07. The average Bonchev–Trinajstić information content (AvgIpc) is 2.88. The van der Waals surface area contributed by atoms with Crippen molar-refractivity contribution in [2.24, 2.45) is 5.92 Å². The predicted octanol–water partition coefficient (Wildman–Crippen LogP) is 2.52. The molecule has 1 saturated heterocycles. The summed E-state index contributed by atoms with van der Waals surface area (Å²) in [6.45, 7) is 6.47. The van der Waals surface area contributed by atoms with Gasteiger partial charge in [-0.05, 0) is 38.6 Å². The number of ether oxygens (including phenoxy) is 1. The topological polar surface area (TPSA) is 49.8 Å². The summed E-state index contributed by atoms with van der Waals surface area (Å²) in [7, 11) is 0. The molecule has 0 saturated carbocycles. The maximum Gasteiger partial charge on any atom is 0.410 e. The monoisotopic (exact) mass is 283 g/mol. The maximum absolute atomic E-state index is 11.9. The third-order valence-corrected chi connectivity index (χ3v) is 4.00. The van der Waals surface area contributed by atoms with Crippen molar-refractivity contribution in [2.45, 2.75) is 38.9 Å². The van der Waals surface area contributed by atoms with Crippen LogP contribution in [-0.2, 0) is 11.2 Å². The molecule has 1 N–H and O–H groups in total. The molecule has 0 unspecified atom stereocenters. The molecule has 2 heterocycles. The molecule has 1 aromatic heterocycles. The number of aliphatic hydroxyl groups is 1. The van der Waals surface area contributed by atoms with E-state index in [1.54, 1.807) is 16.2 Å². The van der Waals surface area contributed by atoms with Gasteiger partial charge in [-0.25, -0.2) is 4.79 Å². The Morgan fingerprint density at radius 3 is 2.84 bits per heavy atom. The van der Waals surface area contributed by atoms with Crippen LogP contribution >= 0.6 is 11.3 Å². The second kappa shape index (κ2) is 5.51. The van der Waals surface area contributed by atoms with E-state index in [1.165, 1.54) is 4.88 Å². The van der Waals surface area contributed by atoms with Crippen LogP contribution in [0.5, 0.6) is 0 Å². The van der Waals surface area contributed by atoms with Gasteiger partial charge in [0.05, 0.1) is 12.6 Å². The number of carbonyl (C=O) groups is 1. The Labute approximate surface area is 118 Å². The van der Waals surface area contributed by atoms with E-state index in [0.29, 0.717) is 13.1 Å². The minimum Gasteiger partial charge on any atom is -0.444 e. The van der Waals surface area contributed by atoms with Crippen molar-refractivity contribution in [1.29, 1.82) is 0 Å². The summed E-state index contributed by atoms with van der Waals surface area (Å²) >= 11 is 1.69. The van der Waals surface area contributed by atoms with Crippen molar-refractivity contribution in [2.75, 3.05) is 13.1 Å². The molecule has 2 rings (SSSR count). The standard InChI is InChI=1S/C14H21NO3S/c1-14(2,3)18-13(17)15-8-10(12(16)9-15)7-11-5-4-6-19-11/h4-6,10,12,16H,7-9H2,1-3H3/t10-,12-/m1/s1. The Morgan fingerprint density at radius 2 is 2.26 bits per heavy atom. The van der Waals surface area contributed by atoms with Crippen LogP contribution in [0.2, 0.25) is 0 Å². The molecule has 1 aliphatic heterocycles. The van der Waals surface area contributed by atoms with Crippen LogP contribution in [0.1, 0.15) is 25.6 Å². The van der Waals surface area contributed by atoms with Crippen LogP contribution in [-0.4, -0.2) is 40.9 Å². The normalized spacial score (nSPS) is 23.7. The summed E-state index contributed by atoms with van der Waals surface area (Å²) in [4.78, 5) is 14.8. The van der Waals surface area contributed by atoms with Gasteiger partial charge in [0.1, 0.15) is 5.60 Å². The van der Waals surface area contributed by atoms with Gasteiger partial charge in [0.2, 0.25) is 0 Å². The second-order valence-electron chi connectivity index (χ2n) is 6.00. The molecule has 106 valence electrons. The molecular weight excluding hydrogens is 262 g/mol. The summed E-state index contributed by atoms with van der Waals surface area (Å²) in [5.41, 5.74) is -0.492. The van der Waals surface area contributed by atoms with Crippen LogP contribution in [0.15, 0.2) is 17.5 Å². The number of hydrogen-bond donors (Lipinski definition) is 1. The zero-order valence-corrected chi connectivity index (χ0v) is 12.4. The molecule has 1 aromatic rings. The highest BCUT2D eigenvalue weighted by Gasteiger charge is 2.36. The van der Waals surface area contributed by atoms with Gasteiger partial charge in [-0.15, -0.1) is 11.3 Å². The molecule has 0 bridgehead atoms. The summed E-state index contributed by atoms with van der Waals surface area (Å²) in [5.74, 6) is 0.103. The van der Waals surface area contributed by atoms with Gasteiger partial charge < -0.3 is 14.7 Å². The largest absolute Gasteiger partial charge is 0.444 e. The van der Waals surface area contributed by atoms with E-state index in [9.17, 15) is 9.90 Å². The number of likely N-dealkylation sites (tertiary alicyclic amines) is 1. The number of carbonyl (C=O) groups excluding carboxylic acids is 1. The molecule has 1 fully saturated rings. The van der Waals surface area contributed by atoms with Gasteiger partial charge in [0, 0.05) is 17.3 Å². The SMILES string of the molecule is CC(C)(C)OC(=O)N1C[C@@H](Cc2cccs2)[C@H](O)C1. The molecule has 0 radical (unpaired) electrons. The van der Waals surface area contributed by atoms with E-state index in [-0.39, 0.29) is 12.0 Å². The average molecular weight is 283 g/mol. The maximum atomic E-state index is 11.9. The van der Waals surface area contributed by atoms with E-state index in [2.05, 4.69) is 6.07 Å².